The standard InChI is InChI=1S/C11H16N4O4S/c1-8-5-12-6-9(2)14(8)20(18,19)10-3-4-11(13-7-10)15(16)17/h3-4,7-9,12H,5-6H2,1-2H3. The normalized spacial score (nSPS) is 24.5. The number of hydrogen-bond acceptors (Lipinski definition) is 6. The predicted molar refractivity (Wildman–Crippen MR) is 71.7 cm³/mol. The fourth-order valence-corrected chi connectivity index (χ4v) is 4.11. The second kappa shape index (κ2) is 5.43. The van der Waals surface area contributed by atoms with Crippen LogP contribution in [0.1, 0.15) is 13.8 Å². The largest absolute Gasteiger partial charge is 0.363 e. The highest BCUT2D eigenvalue weighted by atomic mass is 32.2. The minimum absolute atomic E-state index is 0.0244. The number of piperazine rings is 1. The van der Waals surface area contributed by atoms with E-state index in [0.717, 1.165) is 12.3 Å². The Labute approximate surface area is 117 Å². The summed E-state index contributed by atoms with van der Waals surface area (Å²) in [4.78, 5) is 13.4. The summed E-state index contributed by atoms with van der Waals surface area (Å²) in [5, 5.41) is 13.7. The summed E-state index contributed by atoms with van der Waals surface area (Å²) in [6.45, 7) is 4.78. The Balaban J connectivity index is 2.36. The lowest BCUT2D eigenvalue weighted by Gasteiger charge is -2.37. The van der Waals surface area contributed by atoms with Crippen molar-refractivity contribution in [2.45, 2.75) is 30.8 Å². The van der Waals surface area contributed by atoms with E-state index in [-0.39, 0.29) is 22.8 Å². The van der Waals surface area contributed by atoms with E-state index in [1.165, 1.54) is 10.4 Å². The van der Waals surface area contributed by atoms with E-state index < -0.39 is 14.9 Å². The number of rotatable bonds is 3. The third-order valence-corrected chi connectivity index (χ3v) is 5.34. The number of aromatic nitrogens is 1. The molecule has 1 aromatic heterocycles. The number of hydrogen-bond donors (Lipinski definition) is 1. The van der Waals surface area contributed by atoms with Gasteiger partial charge in [-0.25, -0.2) is 8.42 Å². The maximum atomic E-state index is 12.6. The first-order chi connectivity index (χ1) is 9.34. The van der Waals surface area contributed by atoms with Crippen LogP contribution >= 0.6 is 0 Å². The molecule has 0 radical (unpaired) electrons. The van der Waals surface area contributed by atoms with Crippen LogP contribution in [-0.4, -0.2) is 47.8 Å². The van der Waals surface area contributed by atoms with Crippen LogP contribution in [0.5, 0.6) is 0 Å². The molecule has 2 atom stereocenters. The zero-order valence-electron chi connectivity index (χ0n) is 11.2. The average molecular weight is 300 g/mol. The molecule has 0 bridgehead atoms. The molecule has 2 unspecified atom stereocenters. The molecule has 110 valence electrons. The molecule has 1 aliphatic heterocycles. The highest BCUT2D eigenvalue weighted by Crippen LogP contribution is 2.23. The summed E-state index contributed by atoms with van der Waals surface area (Å²) >= 11 is 0. The first-order valence-corrected chi connectivity index (χ1v) is 7.62. The molecule has 2 rings (SSSR count). The van der Waals surface area contributed by atoms with Crippen molar-refractivity contribution in [1.82, 2.24) is 14.6 Å². The predicted octanol–water partition coefficient (Wildman–Crippen LogP) is 0.361. The summed E-state index contributed by atoms with van der Waals surface area (Å²) in [6, 6.07) is 1.96. The fourth-order valence-electron chi connectivity index (χ4n) is 2.34. The van der Waals surface area contributed by atoms with E-state index in [0.29, 0.717) is 13.1 Å². The third kappa shape index (κ3) is 2.65. The van der Waals surface area contributed by atoms with Crippen LogP contribution in [-0.2, 0) is 10.0 Å². The quantitative estimate of drug-likeness (QED) is 0.638. The van der Waals surface area contributed by atoms with Crippen LogP contribution in [0, 0.1) is 10.1 Å². The van der Waals surface area contributed by atoms with Gasteiger partial charge in [-0.05, 0) is 29.8 Å². The lowest BCUT2D eigenvalue weighted by Crippen LogP contribution is -2.57. The van der Waals surface area contributed by atoms with Crippen LogP contribution in [0.15, 0.2) is 23.2 Å². The Morgan fingerprint density at radius 2 is 1.95 bits per heavy atom. The molecule has 9 heteroatoms. The maximum Gasteiger partial charge on any atom is 0.363 e. The molecule has 20 heavy (non-hydrogen) atoms. The first-order valence-electron chi connectivity index (χ1n) is 6.18. The molecule has 0 spiro atoms. The molecule has 0 amide bonds. The van der Waals surface area contributed by atoms with Crippen LogP contribution < -0.4 is 5.32 Å². The van der Waals surface area contributed by atoms with Gasteiger partial charge in [-0.15, -0.1) is 0 Å². The zero-order chi connectivity index (χ0) is 14.9. The Bertz CT molecular complexity index is 591. The molecule has 1 aliphatic rings. The molecule has 8 nitrogen and oxygen atoms in total. The summed E-state index contributed by atoms with van der Waals surface area (Å²) in [7, 11) is -3.69. The van der Waals surface area contributed by atoms with Gasteiger partial charge in [0.2, 0.25) is 10.0 Å². The van der Waals surface area contributed by atoms with E-state index >= 15 is 0 Å². The van der Waals surface area contributed by atoms with E-state index in [1.807, 2.05) is 13.8 Å². The van der Waals surface area contributed by atoms with Gasteiger partial charge in [-0.2, -0.15) is 4.31 Å². The highest BCUT2D eigenvalue weighted by molar-refractivity contribution is 7.89. The average Bonchev–Trinajstić information content (AvgIpc) is 2.38. The van der Waals surface area contributed by atoms with Gasteiger partial charge in [-0.1, -0.05) is 0 Å². The minimum Gasteiger partial charge on any atom is -0.358 e. The van der Waals surface area contributed by atoms with Crippen molar-refractivity contribution in [3.8, 4) is 0 Å². The van der Waals surface area contributed by atoms with Gasteiger partial charge in [0.1, 0.15) is 4.90 Å². The number of nitrogens with one attached hydrogen (secondary N) is 1. The van der Waals surface area contributed by atoms with E-state index in [2.05, 4.69) is 10.3 Å². The van der Waals surface area contributed by atoms with Crippen molar-refractivity contribution < 1.29 is 13.3 Å². The third-order valence-electron chi connectivity index (χ3n) is 3.23. The molecule has 1 aromatic rings. The molecule has 0 aromatic carbocycles. The molecule has 1 fully saturated rings. The molecule has 0 saturated carbocycles. The zero-order valence-corrected chi connectivity index (χ0v) is 12.0. The summed E-state index contributed by atoms with van der Waals surface area (Å²) in [5.41, 5.74) is 0. The van der Waals surface area contributed by atoms with E-state index in [9.17, 15) is 18.5 Å². The van der Waals surface area contributed by atoms with E-state index in [4.69, 9.17) is 0 Å². The molecular weight excluding hydrogens is 284 g/mol. The Morgan fingerprint density at radius 3 is 2.40 bits per heavy atom. The number of nitro groups is 1. The highest BCUT2D eigenvalue weighted by Gasteiger charge is 2.36. The summed E-state index contributed by atoms with van der Waals surface area (Å²) < 4.78 is 26.6. The van der Waals surface area contributed by atoms with Crippen molar-refractivity contribution in [2.75, 3.05) is 13.1 Å². The van der Waals surface area contributed by atoms with Crippen molar-refractivity contribution >= 4 is 15.8 Å². The second-order valence-corrected chi connectivity index (χ2v) is 6.64. The maximum absolute atomic E-state index is 12.6. The number of nitrogens with zero attached hydrogens (tertiary/aromatic N) is 3. The number of sulfonamides is 1. The van der Waals surface area contributed by atoms with Gasteiger partial charge in [-0.3, -0.25) is 0 Å². The van der Waals surface area contributed by atoms with Gasteiger partial charge in [0.25, 0.3) is 0 Å². The summed E-state index contributed by atoms with van der Waals surface area (Å²) in [5.74, 6) is -0.370. The van der Waals surface area contributed by atoms with Gasteiger partial charge in [0, 0.05) is 31.2 Å². The topological polar surface area (TPSA) is 105 Å². The van der Waals surface area contributed by atoms with Crippen LogP contribution in [0.3, 0.4) is 0 Å². The second-order valence-electron chi connectivity index (χ2n) is 4.80. The fraction of sp³-hybridized carbons (Fsp3) is 0.545. The lowest BCUT2D eigenvalue weighted by atomic mass is 10.2. The molecule has 2 heterocycles. The molecular formula is C11H16N4O4S. The van der Waals surface area contributed by atoms with E-state index in [1.54, 1.807) is 0 Å². The Kier molecular flexibility index (Phi) is 4.02. The Morgan fingerprint density at radius 1 is 1.35 bits per heavy atom. The smallest absolute Gasteiger partial charge is 0.358 e. The lowest BCUT2D eigenvalue weighted by molar-refractivity contribution is -0.389. The van der Waals surface area contributed by atoms with Crippen molar-refractivity contribution in [3.63, 3.8) is 0 Å². The monoisotopic (exact) mass is 300 g/mol. The minimum atomic E-state index is -3.69. The van der Waals surface area contributed by atoms with Gasteiger partial charge in [0.05, 0.1) is 0 Å². The van der Waals surface area contributed by atoms with Crippen molar-refractivity contribution in [2.24, 2.45) is 0 Å². The van der Waals surface area contributed by atoms with Crippen LogP contribution in [0.4, 0.5) is 5.82 Å². The first kappa shape index (κ1) is 14.8. The molecule has 1 N–H and O–H groups in total. The van der Waals surface area contributed by atoms with Crippen molar-refractivity contribution in [1.29, 1.82) is 0 Å². The number of pyridine rings is 1. The van der Waals surface area contributed by atoms with Crippen LogP contribution in [0.25, 0.3) is 0 Å². The molecule has 0 aliphatic carbocycles. The SMILES string of the molecule is CC1CNCC(C)N1S(=O)(=O)c1ccc([N+](=O)[O-])nc1. The van der Waals surface area contributed by atoms with Crippen LogP contribution in [0.2, 0.25) is 0 Å². The summed E-state index contributed by atoms with van der Waals surface area (Å²) in [6.07, 6.45) is 1.04. The van der Waals surface area contributed by atoms with Gasteiger partial charge < -0.3 is 15.4 Å². The van der Waals surface area contributed by atoms with Gasteiger partial charge >= 0.3 is 5.82 Å². The van der Waals surface area contributed by atoms with Crippen molar-refractivity contribution in [3.05, 3.63) is 28.4 Å². The Hall–Kier alpha value is -1.58. The van der Waals surface area contributed by atoms with Gasteiger partial charge in [0.15, 0.2) is 6.20 Å². The molecule has 1 saturated heterocycles.